The molecule has 0 aliphatic carbocycles. The number of ether oxygens (including phenoxy) is 1. The van der Waals surface area contributed by atoms with Gasteiger partial charge >= 0.3 is 7.60 Å². The van der Waals surface area contributed by atoms with Crippen molar-refractivity contribution in [3.05, 3.63) is 35.9 Å². The second-order valence-corrected chi connectivity index (χ2v) is 6.84. The Labute approximate surface area is 117 Å². The quantitative estimate of drug-likeness (QED) is 0.794. The molecule has 4 atom stereocenters. The highest BCUT2D eigenvalue weighted by atomic mass is 31.2. The van der Waals surface area contributed by atoms with E-state index in [4.69, 9.17) is 13.8 Å². The van der Waals surface area contributed by atoms with E-state index in [-0.39, 0.29) is 12.8 Å². The van der Waals surface area contributed by atoms with Crippen molar-refractivity contribution < 1.29 is 28.6 Å². The minimum atomic E-state index is -3.35. The van der Waals surface area contributed by atoms with Crippen molar-refractivity contribution in [1.29, 1.82) is 0 Å². The van der Waals surface area contributed by atoms with Gasteiger partial charge in [0.05, 0.1) is 25.5 Å². The van der Waals surface area contributed by atoms with Gasteiger partial charge in [-0.15, -0.1) is 0 Å². The highest BCUT2D eigenvalue weighted by molar-refractivity contribution is 7.54. The lowest BCUT2D eigenvalue weighted by Gasteiger charge is -2.35. The maximum Gasteiger partial charge on any atom is 0.333 e. The normalized spacial score (nSPS) is 34.0. The molecule has 6 nitrogen and oxygen atoms in total. The zero-order valence-electron chi connectivity index (χ0n) is 11.2. The van der Waals surface area contributed by atoms with E-state index in [2.05, 4.69) is 0 Å². The molecule has 20 heavy (non-hydrogen) atoms. The smallest absolute Gasteiger partial charge is 0.333 e. The van der Waals surface area contributed by atoms with Crippen LogP contribution in [0.4, 0.5) is 0 Å². The Balaban J connectivity index is 1.89. The number of hydrogen-bond donors (Lipinski definition) is 2. The lowest BCUT2D eigenvalue weighted by Crippen LogP contribution is -2.47. The first kappa shape index (κ1) is 15.6. The van der Waals surface area contributed by atoms with Gasteiger partial charge in [0.2, 0.25) is 0 Å². The minimum absolute atomic E-state index is 0.0282. The molecule has 1 saturated heterocycles. The summed E-state index contributed by atoms with van der Waals surface area (Å²) >= 11 is 0. The third-order valence-corrected chi connectivity index (χ3v) is 5.12. The molecule has 0 spiro atoms. The predicted molar refractivity (Wildman–Crippen MR) is 72.5 cm³/mol. The highest BCUT2D eigenvalue weighted by Crippen LogP contribution is 2.52. The third kappa shape index (κ3) is 3.88. The Morgan fingerprint density at radius 1 is 1.35 bits per heavy atom. The van der Waals surface area contributed by atoms with Crippen LogP contribution in [0.25, 0.3) is 0 Å². The second-order valence-electron chi connectivity index (χ2n) is 4.68. The molecule has 2 N–H and O–H groups in total. The molecule has 112 valence electrons. The Kier molecular flexibility index (Phi) is 5.32. The average Bonchev–Trinajstić information content (AvgIpc) is 2.45. The lowest BCUT2D eigenvalue weighted by molar-refractivity contribution is -0.0927. The van der Waals surface area contributed by atoms with E-state index in [1.807, 2.05) is 30.3 Å². The van der Waals surface area contributed by atoms with E-state index >= 15 is 0 Å². The summed E-state index contributed by atoms with van der Waals surface area (Å²) in [6.07, 6.45) is -3.35. The summed E-state index contributed by atoms with van der Waals surface area (Å²) in [6, 6.07) is 9.52. The predicted octanol–water partition coefficient (Wildman–Crippen LogP) is 1.16. The Morgan fingerprint density at radius 2 is 2.05 bits per heavy atom. The molecule has 0 aromatic heterocycles. The maximum atomic E-state index is 12.0. The largest absolute Gasteiger partial charge is 0.390 e. The van der Waals surface area contributed by atoms with E-state index in [0.29, 0.717) is 6.61 Å². The van der Waals surface area contributed by atoms with Gasteiger partial charge in [-0.3, -0.25) is 9.09 Å². The summed E-state index contributed by atoms with van der Waals surface area (Å²) in [5.74, 6) is 0. The standard InChI is InChI=1S/C13H19O6P/c1-17-20(16)9-11(14)13(15)12(19-20)8-18-7-10-5-3-2-4-6-10/h2-6,11-15H,7-9H2,1H3/t11-,12+,13-,20-/m0/s1. The molecular weight excluding hydrogens is 283 g/mol. The SMILES string of the molecule is CO[P@@]1(=O)C[C@H](O)[C@H](O)[C@@H](COCc2ccccc2)O1. The van der Waals surface area contributed by atoms with Gasteiger partial charge in [-0.05, 0) is 5.56 Å². The second kappa shape index (κ2) is 6.80. The van der Waals surface area contributed by atoms with E-state index in [1.54, 1.807) is 0 Å². The summed E-state index contributed by atoms with van der Waals surface area (Å²) in [6.45, 7) is 0.376. The monoisotopic (exact) mass is 302 g/mol. The molecule has 1 aromatic carbocycles. The van der Waals surface area contributed by atoms with Crippen LogP contribution in [0, 0.1) is 0 Å². The molecule has 1 aliphatic heterocycles. The van der Waals surface area contributed by atoms with Crippen molar-refractivity contribution in [2.45, 2.75) is 24.9 Å². The van der Waals surface area contributed by atoms with Crippen molar-refractivity contribution >= 4 is 7.60 Å². The Hall–Kier alpha value is -0.750. The van der Waals surface area contributed by atoms with Gasteiger partial charge in [-0.2, -0.15) is 0 Å². The topological polar surface area (TPSA) is 85.2 Å². The fourth-order valence-corrected chi connectivity index (χ4v) is 3.60. The molecule has 2 rings (SSSR count). The summed E-state index contributed by atoms with van der Waals surface area (Å²) in [7, 11) is -2.09. The number of rotatable bonds is 5. The van der Waals surface area contributed by atoms with E-state index in [1.165, 1.54) is 7.11 Å². The van der Waals surface area contributed by atoms with Crippen molar-refractivity contribution in [2.24, 2.45) is 0 Å². The molecule has 0 radical (unpaired) electrons. The molecule has 1 aliphatic rings. The van der Waals surface area contributed by atoms with E-state index in [9.17, 15) is 14.8 Å². The minimum Gasteiger partial charge on any atom is -0.390 e. The van der Waals surface area contributed by atoms with Gasteiger partial charge in [0, 0.05) is 7.11 Å². The number of benzene rings is 1. The van der Waals surface area contributed by atoms with Crippen LogP contribution in [0.5, 0.6) is 0 Å². The van der Waals surface area contributed by atoms with Gasteiger partial charge in [0.25, 0.3) is 0 Å². The zero-order chi connectivity index (χ0) is 14.6. The molecule has 0 amide bonds. The molecule has 0 unspecified atom stereocenters. The number of aliphatic hydroxyl groups excluding tert-OH is 2. The zero-order valence-corrected chi connectivity index (χ0v) is 12.1. The fraction of sp³-hybridized carbons (Fsp3) is 0.538. The molecule has 1 fully saturated rings. The summed E-state index contributed by atoms with van der Waals surface area (Å²) < 4.78 is 27.5. The van der Waals surface area contributed by atoms with Gasteiger partial charge in [0.15, 0.2) is 0 Å². The van der Waals surface area contributed by atoms with Gasteiger partial charge in [-0.1, -0.05) is 30.3 Å². The van der Waals surface area contributed by atoms with Crippen LogP contribution < -0.4 is 0 Å². The first-order valence-electron chi connectivity index (χ1n) is 6.35. The molecule has 1 heterocycles. The summed E-state index contributed by atoms with van der Waals surface area (Å²) in [5.41, 5.74) is 0.980. The van der Waals surface area contributed by atoms with Crippen LogP contribution in [0.3, 0.4) is 0 Å². The molecule has 0 bridgehead atoms. The lowest BCUT2D eigenvalue weighted by atomic mass is 10.1. The molecule has 1 aromatic rings. The van der Waals surface area contributed by atoms with Gasteiger partial charge in [0.1, 0.15) is 12.2 Å². The average molecular weight is 302 g/mol. The summed E-state index contributed by atoms with van der Waals surface area (Å²) in [4.78, 5) is 0. The van der Waals surface area contributed by atoms with Crippen LogP contribution in [-0.4, -0.2) is 48.4 Å². The van der Waals surface area contributed by atoms with Crippen molar-refractivity contribution in [1.82, 2.24) is 0 Å². The molecule has 7 heteroatoms. The van der Waals surface area contributed by atoms with Gasteiger partial charge < -0.3 is 19.5 Å². The fourth-order valence-electron chi connectivity index (χ4n) is 2.01. The molecular formula is C13H19O6P. The van der Waals surface area contributed by atoms with Crippen LogP contribution in [0.1, 0.15) is 5.56 Å². The third-order valence-electron chi connectivity index (χ3n) is 3.15. The number of aliphatic hydroxyl groups is 2. The van der Waals surface area contributed by atoms with Gasteiger partial charge in [-0.25, -0.2) is 0 Å². The highest BCUT2D eigenvalue weighted by Gasteiger charge is 2.43. The Bertz CT molecular complexity index is 465. The maximum absolute atomic E-state index is 12.0. The van der Waals surface area contributed by atoms with Crippen LogP contribution in [0.2, 0.25) is 0 Å². The first-order chi connectivity index (χ1) is 9.54. The summed E-state index contributed by atoms with van der Waals surface area (Å²) in [5, 5.41) is 19.5. The number of hydrogen-bond acceptors (Lipinski definition) is 6. The molecule has 0 saturated carbocycles. The van der Waals surface area contributed by atoms with E-state index < -0.39 is 25.9 Å². The van der Waals surface area contributed by atoms with Crippen LogP contribution in [-0.2, 0) is 25.0 Å². The van der Waals surface area contributed by atoms with Crippen molar-refractivity contribution in [2.75, 3.05) is 19.9 Å². The van der Waals surface area contributed by atoms with Crippen molar-refractivity contribution in [3.8, 4) is 0 Å². The van der Waals surface area contributed by atoms with E-state index in [0.717, 1.165) is 5.56 Å². The first-order valence-corrected chi connectivity index (χ1v) is 8.08. The Morgan fingerprint density at radius 3 is 2.70 bits per heavy atom. The van der Waals surface area contributed by atoms with Crippen LogP contribution >= 0.6 is 7.60 Å². The van der Waals surface area contributed by atoms with Crippen molar-refractivity contribution in [3.63, 3.8) is 0 Å². The van der Waals surface area contributed by atoms with Crippen LogP contribution in [0.15, 0.2) is 30.3 Å².